The molecular formula is C12H15N3O2S. The molecule has 0 saturated carbocycles. The summed E-state index contributed by atoms with van der Waals surface area (Å²) in [6, 6.07) is 7.91. The molecule has 0 spiro atoms. The minimum absolute atomic E-state index is 0.0745. The molecule has 5 nitrogen and oxygen atoms in total. The van der Waals surface area contributed by atoms with Gasteiger partial charge in [0.05, 0.1) is 16.5 Å². The highest BCUT2D eigenvalue weighted by atomic mass is 32.2. The van der Waals surface area contributed by atoms with Gasteiger partial charge in [0, 0.05) is 12.6 Å². The molecule has 1 unspecified atom stereocenters. The van der Waals surface area contributed by atoms with Crippen LogP contribution in [0.15, 0.2) is 29.2 Å². The van der Waals surface area contributed by atoms with Crippen molar-refractivity contribution in [2.45, 2.75) is 23.8 Å². The Morgan fingerprint density at radius 3 is 2.94 bits per heavy atom. The van der Waals surface area contributed by atoms with Gasteiger partial charge in [0.2, 0.25) is 10.0 Å². The molecule has 1 aliphatic rings. The second-order valence-electron chi connectivity index (χ2n) is 4.30. The van der Waals surface area contributed by atoms with E-state index in [0.717, 1.165) is 19.4 Å². The Morgan fingerprint density at radius 2 is 2.28 bits per heavy atom. The lowest BCUT2D eigenvalue weighted by molar-refractivity contribution is 0.428. The van der Waals surface area contributed by atoms with Gasteiger partial charge < -0.3 is 5.32 Å². The zero-order chi connectivity index (χ0) is 13.0. The van der Waals surface area contributed by atoms with E-state index in [1.54, 1.807) is 12.1 Å². The number of piperidine rings is 1. The van der Waals surface area contributed by atoms with E-state index in [4.69, 9.17) is 5.26 Å². The summed E-state index contributed by atoms with van der Waals surface area (Å²) in [6.07, 6.45) is 1.80. The van der Waals surface area contributed by atoms with Crippen LogP contribution in [-0.4, -0.2) is 27.5 Å². The van der Waals surface area contributed by atoms with Crippen LogP contribution in [0.4, 0.5) is 0 Å². The van der Waals surface area contributed by atoms with Crippen molar-refractivity contribution in [2.75, 3.05) is 13.1 Å². The van der Waals surface area contributed by atoms with Gasteiger partial charge in [-0.1, -0.05) is 6.07 Å². The summed E-state index contributed by atoms with van der Waals surface area (Å²) in [5.41, 5.74) is 0.347. The Hall–Kier alpha value is -1.42. The number of nitrogens with zero attached hydrogens (tertiary/aromatic N) is 1. The lowest BCUT2D eigenvalue weighted by atomic mass is 10.1. The number of benzene rings is 1. The maximum atomic E-state index is 12.1. The fraction of sp³-hybridized carbons (Fsp3) is 0.417. The Morgan fingerprint density at radius 1 is 1.44 bits per heavy atom. The first-order valence-corrected chi connectivity index (χ1v) is 7.33. The van der Waals surface area contributed by atoms with Crippen molar-refractivity contribution in [3.8, 4) is 6.07 Å². The van der Waals surface area contributed by atoms with Gasteiger partial charge >= 0.3 is 0 Å². The van der Waals surface area contributed by atoms with Crippen LogP contribution < -0.4 is 10.0 Å². The van der Waals surface area contributed by atoms with Crippen LogP contribution in [0.5, 0.6) is 0 Å². The smallest absolute Gasteiger partial charge is 0.240 e. The van der Waals surface area contributed by atoms with Crippen LogP contribution >= 0.6 is 0 Å². The first kappa shape index (κ1) is 13.0. The highest BCUT2D eigenvalue weighted by Crippen LogP contribution is 2.13. The largest absolute Gasteiger partial charge is 0.315 e. The van der Waals surface area contributed by atoms with Gasteiger partial charge in [0.15, 0.2) is 0 Å². The molecule has 0 radical (unpaired) electrons. The zero-order valence-corrected chi connectivity index (χ0v) is 10.7. The molecule has 1 aliphatic heterocycles. The average molecular weight is 265 g/mol. The average Bonchev–Trinajstić information content (AvgIpc) is 2.39. The van der Waals surface area contributed by atoms with E-state index in [9.17, 15) is 8.42 Å². The third kappa shape index (κ3) is 3.07. The highest BCUT2D eigenvalue weighted by molar-refractivity contribution is 7.89. The van der Waals surface area contributed by atoms with Crippen molar-refractivity contribution in [3.05, 3.63) is 29.8 Å². The van der Waals surface area contributed by atoms with Crippen molar-refractivity contribution in [1.82, 2.24) is 10.0 Å². The molecule has 2 rings (SSSR count). The first-order valence-electron chi connectivity index (χ1n) is 5.85. The molecular weight excluding hydrogens is 250 g/mol. The molecule has 18 heavy (non-hydrogen) atoms. The van der Waals surface area contributed by atoms with Crippen LogP contribution in [0.1, 0.15) is 18.4 Å². The molecule has 1 aromatic rings. The normalized spacial score (nSPS) is 20.3. The highest BCUT2D eigenvalue weighted by Gasteiger charge is 2.21. The number of nitriles is 1. The van der Waals surface area contributed by atoms with E-state index in [0.29, 0.717) is 12.1 Å². The molecule has 0 aliphatic carbocycles. The molecule has 1 aromatic carbocycles. The summed E-state index contributed by atoms with van der Waals surface area (Å²) in [7, 11) is -3.53. The number of hydrogen-bond donors (Lipinski definition) is 2. The van der Waals surface area contributed by atoms with Gasteiger partial charge in [-0.2, -0.15) is 5.26 Å². The summed E-state index contributed by atoms with van der Waals surface area (Å²) in [5, 5.41) is 11.9. The van der Waals surface area contributed by atoms with Crippen LogP contribution in [0, 0.1) is 11.3 Å². The predicted molar refractivity (Wildman–Crippen MR) is 67.4 cm³/mol. The van der Waals surface area contributed by atoms with Gasteiger partial charge in [-0.05, 0) is 37.6 Å². The van der Waals surface area contributed by atoms with E-state index in [1.807, 2.05) is 6.07 Å². The number of sulfonamides is 1. The molecule has 6 heteroatoms. The molecule has 1 atom stereocenters. The van der Waals surface area contributed by atoms with Crippen LogP contribution in [0.25, 0.3) is 0 Å². The Balaban J connectivity index is 2.17. The molecule has 96 valence electrons. The van der Waals surface area contributed by atoms with Crippen molar-refractivity contribution >= 4 is 10.0 Å². The second-order valence-corrected chi connectivity index (χ2v) is 6.02. The Bertz CT molecular complexity index is 557. The van der Waals surface area contributed by atoms with Crippen molar-refractivity contribution in [3.63, 3.8) is 0 Å². The van der Waals surface area contributed by atoms with E-state index >= 15 is 0 Å². The van der Waals surface area contributed by atoms with E-state index in [1.165, 1.54) is 12.1 Å². The topological polar surface area (TPSA) is 82.0 Å². The van der Waals surface area contributed by atoms with Crippen molar-refractivity contribution < 1.29 is 8.42 Å². The summed E-state index contributed by atoms with van der Waals surface area (Å²) in [4.78, 5) is 0.145. The Kier molecular flexibility index (Phi) is 3.97. The molecule has 0 amide bonds. The number of nitrogens with one attached hydrogen (secondary N) is 2. The summed E-state index contributed by atoms with van der Waals surface area (Å²) in [6.45, 7) is 1.58. The van der Waals surface area contributed by atoms with E-state index in [2.05, 4.69) is 10.0 Å². The lowest BCUT2D eigenvalue weighted by Gasteiger charge is -2.23. The molecule has 0 aromatic heterocycles. The first-order chi connectivity index (χ1) is 8.62. The van der Waals surface area contributed by atoms with Gasteiger partial charge in [-0.3, -0.25) is 0 Å². The standard InChI is InChI=1S/C12H15N3O2S/c13-8-10-3-1-5-12(7-10)18(16,17)15-11-4-2-6-14-9-11/h1,3,5,7,11,14-15H,2,4,6,9H2. The van der Waals surface area contributed by atoms with Crippen molar-refractivity contribution in [1.29, 1.82) is 5.26 Å². The monoisotopic (exact) mass is 265 g/mol. The second kappa shape index (κ2) is 5.48. The quantitative estimate of drug-likeness (QED) is 0.838. The van der Waals surface area contributed by atoms with Crippen LogP contribution in [0.3, 0.4) is 0 Å². The van der Waals surface area contributed by atoms with E-state index in [-0.39, 0.29) is 10.9 Å². The summed E-state index contributed by atoms with van der Waals surface area (Å²) in [5.74, 6) is 0. The Labute approximate surface area is 107 Å². The van der Waals surface area contributed by atoms with Crippen LogP contribution in [-0.2, 0) is 10.0 Å². The zero-order valence-electron chi connectivity index (χ0n) is 9.89. The van der Waals surface area contributed by atoms with Gasteiger partial charge in [-0.25, -0.2) is 13.1 Å². The minimum atomic E-state index is -3.53. The maximum absolute atomic E-state index is 12.1. The third-order valence-electron chi connectivity index (χ3n) is 2.89. The summed E-state index contributed by atoms with van der Waals surface area (Å²) >= 11 is 0. The fourth-order valence-electron chi connectivity index (χ4n) is 1.97. The predicted octanol–water partition coefficient (Wildman–Crippen LogP) is 0.589. The third-order valence-corrected chi connectivity index (χ3v) is 4.41. The number of rotatable bonds is 3. The van der Waals surface area contributed by atoms with Gasteiger partial charge in [0.25, 0.3) is 0 Å². The summed E-state index contributed by atoms with van der Waals surface area (Å²) < 4.78 is 26.9. The molecule has 1 fully saturated rings. The fourth-order valence-corrected chi connectivity index (χ4v) is 3.29. The molecule has 2 N–H and O–H groups in total. The van der Waals surface area contributed by atoms with Gasteiger partial charge in [0.1, 0.15) is 0 Å². The SMILES string of the molecule is N#Cc1cccc(S(=O)(=O)NC2CCCNC2)c1. The van der Waals surface area contributed by atoms with Crippen molar-refractivity contribution in [2.24, 2.45) is 0 Å². The molecule has 1 heterocycles. The lowest BCUT2D eigenvalue weighted by Crippen LogP contribution is -2.45. The molecule has 0 bridgehead atoms. The number of hydrogen-bond acceptors (Lipinski definition) is 4. The maximum Gasteiger partial charge on any atom is 0.240 e. The molecule has 1 saturated heterocycles. The van der Waals surface area contributed by atoms with E-state index < -0.39 is 10.0 Å². The van der Waals surface area contributed by atoms with Crippen LogP contribution in [0.2, 0.25) is 0 Å². The minimum Gasteiger partial charge on any atom is -0.315 e. The van der Waals surface area contributed by atoms with Gasteiger partial charge in [-0.15, -0.1) is 0 Å².